The van der Waals surface area contributed by atoms with Gasteiger partial charge in [-0.05, 0) is 90.0 Å². The number of anilines is 2. The lowest BCUT2D eigenvalue weighted by Crippen LogP contribution is -2.41. The summed E-state index contributed by atoms with van der Waals surface area (Å²) in [5.74, 6) is 1.11. The molecule has 3 aromatic rings. The molecule has 3 aromatic heterocycles. The zero-order chi connectivity index (χ0) is 35.0. The van der Waals surface area contributed by atoms with Crippen LogP contribution in [-0.4, -0.2) is 98.5 Å². The van der Waals surface area contributed by atoms with Crippen molar-refractivity contribution in [1.82, 2.24) is 29.3 Å². The molecule has 6 heterocycles. The fourth-order valence-electron chi connectivity index (χ4n) is 7.71. The van der Waals surface area contributed by atoms with Gasteiger partial charge in [0, 0.05) is 45.2 Å². The number of ether oxygens (including phenoxy) is 3. The Hall–Kier alpha value is -3.85. The molecule has 2 atom stereocenters. The number of likely N-dealkylation sites (tertiary alicyclic amines) is 1. The molecular weight excluding hydrogens is 650 g/mol. The van der Waals surface area contributed by atoms with E-state index in [9.17, 15) is 18.4 Å². The number of aromatic nitrogens is 5. The van der Waals surface area contributed by atoms with Crippen LogP contribution in [0.1, 0.15) is 101 Å². The fraction of sp³-hybridized carbons (Fsp3) is 0.686. The lowest BCUT2D eigenvalue weighted by atomic mass is 9.86. The SMILES string of the molecule is CC(C)(C)OC(=O)N1CCC(CCOCC2CCC(n3cc(NC(=O)c4cnn5ccc(N6C[C@H]7C[C@@H]6CO7)nc45)c(C(F)F)n3)CC2)CC1. The number of piperidine rings is 1. The van der Waals surface area contributed by atoms with Gasteiger partial charge in [-0.1, -0.05) is 0 Å². The predicted octanol–water partition coefficient (Wildman–Crippen LogP) is 5.88. The molecule has 15 heteroatoms. The Bertz CT molecular complexity index is 1660. The van der Waals surface area contributed by atoms with Crippen molar-refractivity contribution in [1.29, 1.82) is 0 Å². The first-order valence-electron chi connectivity index (χ1n) is 18.0. The van der Waals surface area contributed by atoms with Crippen molar-refractivity contribution >= 4 is 29.2 Å². The molecule has 13 nitrogen and oxygen atoms in total. The van der Waals surface area contributed by atoms with Gasteiger partial charge in [0.15, 0.2) is 11.3 Å². The molecular formula is C35H48F2N8O5. The Morgan fingerprint density at radius 1 is 1.08 bits per heavy atom. The van der Waals surface area contributed by atoms with Crippen LogP contribution in [0.3, 0.4) is 0 Å². The number of amides is 2. The highest BCUT2D eigenvalue weighted by atomic mass is 19.3. The first-order chi connectivity index (χ1) is 24.0. The first-order valence-corrected chi connectivity index (χ1v) is 18.0. The number of alkyl halides is 2. The van der Waals surface area contributed by atoms with Crippen LogP contribution in [0.15, 0.2) is 24.7 Å². The number of hydrogen-bond donors (Lipinski definition) is 1. The minimum absolute atomic E-state index is 0.00288. The molecule has 272 valence electrons. The highest BCUT2D eigenvalue weighted by molar-refractivity contribution is 6.08. The van der Waals surface area contributed by atoms with Crippen LogP contribution in [0, 0.1) is 11.8 Å². The average Bonchev–Trinajstić information content (AvgIpc) is 3.90. The van der Waals surface area contributed by atoms with Gasteiger partial charge < -0.3 is 29.3 Å². The van der Waals surface area contributed by atoms with Gasteiger partial charge in [0.1, 0.15) is 17.0 Å². The Kier molecular flexibility index (Phi) is 9.97. The molecule has 50 heavy (non-hydrogen) atoms. The molecule has 0 unspecified atom stereocenters. The summed E-state index contributed by atoms with van der Waals surface area (Å²) in [5, 5.41) is 11.2. The second-order valence-electron chi connectivity index (χ2n) is 15.2. The molecule has 0 aromatic carbocycles. The van der Waals surface area contributed by atoms with Gasteiger partial charge >= 0.3 is 6.09 Å². The molecule has 1 saturated carbocycles. The smallest absolute Gasteiger partial charge is 0.410 e. The van der Waals surface area contributed by atoms with Gasteiger partial charge in [0.05, 0.1) is 36.7 Å². The van der Waals surface area contributed by atoms with Crippen molar-refractivity contribution in [3.8, 4) is 0 Å². The molecule has 2 amide bonds. The number of nitrogens with zero attached hydrogens (tertiary/aromatic N) is 7. The van der Waals surface area contributed by atoms with E-state index in [-0.39, 0.29) is 35.5 Å². The summed E-state index contributed by atoms with van der Waals surface area (Å²) in [5.41, 5.74) is -0.374. The number of nitrogens with one attached hydrogen (secondary N) is 1. The van der Waals surface area contributed by atoms with E-state index in [1.54, 1.807) is 15.8 Å². The zero-order valence-corrected chi connectivity index (χ0v) is 29.1. The van der Waals surface area contributed by atoms with Crippen molar-refractivity contribution in [2.75, 3.05) is 49.7 Å². The van der Waals surface area contributed by atoms with Crippen molar-refractivity contribution in [3.63, 3.8) is 0 Å². The summed E-state index contributed by atoms with van der Waals surface area (Å²) in [6.45, 7) is 9.83. The highest BCUT2D eigenvalue weighted by Gasteiger charge is 2.40. The quantitative estimate of drug-likeness (QED) is 0.258. The van der Waals surface area contributed by atoms with E-state index in [1.807, 2.05) is 26.8 Å². The minimum Gasteiger partial charge on any atom is -0.444 e. The molecule has 4 aliphatic rings. The van der Waals surface area contributed by atoms with Crippen LogP contribution >= 0.6 is 0 Å². The number of carbonyl (C=O) groups excluding carboxylic acids is 2. The number of rotatable bonds is 10. The maximum Gasteiger partial charge on any atom is 0.410 e. The van der Waals surface area contributed by atoms with Crippen LogP contribution in [0.4, 0.5) is 25.1 Å². The summed E-state index contributed by atoms with van der Waals surface area (Å²) in [6, 6.07) is 2.08. The maximum absolute atomic E-state index is 14.1. The Labute approximate surface area is 290 Å². The summed E-state index contributed by atoms with van der Waals surface area (Å²) in [7, 11) is 0. The van der Waals surface area contributed by atoms with Crippen molar-refractivity contribution in [3.05, 3.63) is 35.9 Å². The largest absolute Gasteiger partial charge is 0.444 e. The first kappa shape index (κ1) is 34.6. The zero-order valence-electron chi connectivity index (χ0n) is 29.1. The van der Waals surface area contributed by atoms with Gasteiger partial charge in [-0.3, -0.25) is 9.48 Å². The third-order valence-corrected chi connectivity index (χ3v) is 10.5. The molecule has 0 spiro atoms. The summed E-state index contributed by atoms with van der Waals surface area (Å²) in [6.07, 6.45) is 9.03. The molecule has 7 rings (SSSR count). The van der Waals surface area contributed by atoms with Crippen LogP contribution in [0.25, 0.3) is 5.65 Å². The van der Waals surface area contributed by atoms with E-state index in [2.05, 4.69) is 20.4 Å². The summed E-state index contributed by atoms with van der Waals surface area (Å²) in [4.78, 5) is 34.4. The predicted molar refractivity (Wildman–Crippen MR) is 181 cm³/mol. The molecule has 1 aliphatic carbocycles. The Morgan fingerprint density at radius 2 is 1.86 bits per heavy atom. The average molecular weight is 699 g/mol. The lowest BCUT2D eigenvalue weighted by Gasteiger charge is -2.33. The van der Waals surface area contributed by atoms with E-state index >= 15 is 0 Å². The van der Waals surface area contributed by atoms with E-state index in [1.165, 1.54) is 16.9 Å². The highest BCUT2D eigenvalue weighted by Crippen LogP contribution is 2.36. The number of hydrogen-bond acceptors (Lipinski definition) is 9. The molecule has 1 N–H and O–H groups in total. The topological polar surface area (TPSA) is 128 Å². The maximum atomic E-state index is 14.1. The van der Waals surface area contributed by atoms with Gasteiger partial charge in [0.2, 0.25) is 0 Å². The van der Waals surface area contributed by atoms with Crippen LogP contribution in [0.2, 0.25) is 0 Å². The second-order valence-corrected chi connectivity index (χ2v) is 15.2. The van der Waals surface area contributed by atoms with Crippen molar-refractivity contribution in [2.45, 2.75) is 102 Å². The third kappa shape index (κ3) is 7.73. The normalized spacial score (nSPS) is 24.4. The lowest BCUT2D eigenvalue weighted by molar-refractivity contribution is 0.0157. The van der Waals surface area contributed by atoms with Gasteiger partial charge in [-0.15, -0.1) is 0 Å². The minimum atomic E-state index is -2.85. The third-order valence-electron chi connectivity index (χ3n) is 10.5. The molecule has 3 aliphatic heterocycles. The van der Waals surface area contributed by atoms with Crippen LogP contribution in [-0.2, 0) is 14.2 Å². The van der Waals surface area contributed by atoms with E-state index in [0.717, 1.165) is 63.7 Å². The molecule has 4 fully saturated rings. The van der Waals surface area contributed by atoms with Crippen LogP contribution in [0.5, 0.6) is 0 Å². The van der Waals surface area contributed by atoms with Gasteiger partial charge in [-0.2, -0.15) is 10.2 Å². The Morgan fingerprint density at radius 3 is 2.54 bits per heavy atom. The second kappa shape index (κ2) is 14.4. The number of carbonyl (C=O) groups is 2. The molecule has 3 saturated heterocycles. The standard InChI is InChI=1S/C35H48F2N8O5/c1-35(2,3)50-34(47)42-12-8-22(9-13-42)11-15-48-20-23-4-6-24(7-5-23)45-19-28(30(41-45)31(36)37)39-33(46)27-17-38-44-14-10-29(40-32(27)44)43-18-26-16-25(43)21-49-26/h10,14,17,19,22-26,31H,4-9,11-13,15-16,18,20-21H2,1-3H3,(H,39,46)/t23?,24?,25-,26-/m1/s1. The Balaban J connectivity index is 0.882. The fourth-order valence-corrected chi connectivity index (χ4v) is 7.71. The van der Waals surface area contributed by atoms with Crippen molar-refractivity contribution < 1.29 is 32.6 Å². The summed E-state index contributed by atoms with van der Waals surface area (Å²) < 4.78 is 48.6. The van der Waals surface area contributed by atoms with Crippen LogP contribution < -0.4 is 10.2 Å². The number of morpholine rings is 1. The number of fused-ring (bicyclic) bond motifs is 3. The van der Waals surface area contributed by atoms with Gasteiger partial charge in [-0.25, -0.2) is 23.1 Å². The van der Waals surface area contributed by atoms with Crippen molar-refractivity contribution in [2.24, 2.45) is 11.8 Å². The van der Waals surface area contributed by atoms with E-state index in [4.69, 9.17) is 19.2 Å². The summed E-state index contributed by atoms with van der Waals surface area (Å²) >= 11 is 0. The number of halogens is 2. The molecule has 2 bridgehead atoms. The van der Waals surface area contributed by atoms with E-state index < -0.39 is 23.6 Å². The van der Waals surface area contributed by atoms with E-state index in [0.29, 0.717) is 50.4 Å². The molecule has 0 radical (unpaired) electrons. The van der Waals surface area contributed by atoms with Gasteiger partial charge in [0.25, 0.3) is 12.3 Å². The monoisotopic (exact) mass is 698 g/mol.